The summed E-state index contributed by atoms with van der Waals surface area (Å²) in [6.07, 6.45) is 0. The predicted octanol–water partition coefficient (Wildman–Crippen LogP) is -0.726. The first kappa shape index (κ1) is 7.33. The van der Waals surface area contributed by atoms with Crippen molar-refractivity contribution in [1.82, 2.24) is 0 Å². The van der Waals surface area contributed by atoms with Gasteiger partial charge in [-0.2, -0.15) is 0 Å². The second-order valence-electron chi connectivity index (χ2n) is 2.15. The van der Waals surface area contributed by atoms with E-state index in [2.05, 4.69) is 24.3 Å². The Bertz CT molecular complexity index is 145. The van der Waals surface area contributed by atoms with Crippen LogP contribution in [0.5, 0.6) is 0 Å². The van der Waals surface area contributed by atoms with Gasteiger partial charge in [-0.1, -0.05) is 0 Å². The molecule has 8 heavy (non-hydrogen) atoms. The summed E-state index contributed by atoms with van der Waals surface area (Å²) in [6, 6.07) is 8.87. The molecule has 30 valence electrons. The Labute approximate surface area is 84.5 Å². The Morgan fingerprint density at radius 2 is 1.00 bits per heavy atom. The summed E-state index contributed by atoms with van der Waals surface area (Å²) in [5.74, 6) is 0. The van der Waals surface area contributed by atoms with E-state index in [1.165, 1.54) is 61.5 Å². The molecule has 0 nitrogen and oxygen atoms in total. The van der Waals surface area contributed by atoms with Crippen molar-refractivity contribution >= 4 is 61.5 Å². The van der Waals surface area contributed by atoms with Crippen molar-refractivity contribution in [2.24, 2.45) is 0 Å². The first-order valence-electron chi connectivity index (χ1n) is 2.82. The second kappa shape index (κ2) is 3.40. The quantitative estimate of drug-likeness (QED) is 0.398. The van der Waals surface area contributed by atoms with Gasteiger partial charge in [0.15, 0.2) is 0 Å². The van der Waals surface area contributed by atoms with E-state index in [0.717, 1.165) is 0 Å². The number of hydrogen-bond donors (Lipinski definition) is 0. The maximum absolute atomic E-state index is 2.22. The van der Waals surface area contributed by atoms with Crippen molar-refractivity contribution in [2.45, 2.75) is 0 Å². The first-order valence-corrected chi connectivity index (χ1v) is 4.82. The molecule has 1 aromatic carbocycles. The fraction of sp³-hybridized carbons (Fsp3) is 0. The van der Waals surface area contributed by atoms with E-state index in [1.807, 2.05) is 0 Å². The van der Waals surface area contributed by atoms with Crippen LogP contribution in [-0.2, 0) is 0 Å². The van der Waals surface area contributed by atoms with E-state index in [4.69, 9.17) is 0 Å². The zero-order chi connectivity index (χ0) is 5.98. The minimum absolute atomic E-state index is 1.19. The van der Waals surface area contributed by atoms with Crippen molar-refractivity contribution in [3.63, 3.8) is 0 Å². The molecule has 0 radical (unpaired) electrons. The summed E-state index contributed by atoms with van der Waals surface area (Å²) in [7, 11) is 0. The molecule has 1 rings (SSSR count). The van der Waals surface area contributed by atoms with Crippen LogP contribution in [0.2, 0.25) is 0 Å². The van der Waals surface area contributed by atoms with Crippen LogP contribution >= 0.6 is 0 Å². The van der Waals surface area contributed by atoms with Gasteiger partial charge in [-0.25, -0.2) is 0 Å². The molecule has 0 saturated carbocycles. The van der Waals surface area contributed by atoms with Gasteiger partial charge in [-0.3, -0.25) is 0 Å². The minimum atomic E-state index is 1.19. The van der Waals surface area contributed by atoms with Gasteiger partial charge in [-0.05, 0) is 0 Å². The third-order valence-electron chi connectivity index (χ3n) is 1.22. The zero-order valence-electron chi connectivity index (χ0n) is 5.31. The molecule has 0 aliphatic carbocycles. The summed E-state index contributed by atoms with van der Waals surface area (Å²) >= 11 is 2.37. The SMILES string of the molecule is [Na][c]1cc[c]([Na])cc1. The zero-order valence-corrected chi connectivity index (χ0v) is 9.31. The molecule has 0 heterocycles. The molecule has 0 fully saturated rings. The van der Waals surface area contributed by atoms with Crippen molar-refractivity contribution < 1.29 is 0 Å². The first-order chi connectivity index (χ1) is 3.79. The fourth-order valence-corrected chi connectivity index (χ4v) is 1.30. The Hall–Kier alpha value is 1.22. The molecule has 0 saturated heterocycles. The molecule has 0 spiro atoms. The number of hydrogen-bond acceptors (Lipinski definition) is 0. The van der Waals surface area contributed by atoms with Crippen molar-refractivity contribution in [3.8, 4) is 0 Å². The maximum atomic E-state index is 2.22. The number of benzene rings is 1. The summed E-state index contributed by atoms with van der Waals surface area (Å²) in [6.45, 7) is 0. The Morgan fingerprint density at radius 1 is 0.750 bits per heavy atom. The Morgan fingerprint density at radius 3 is 1.25 bits per heavy atom. The Balaban J connectivity index is 3.03. The second-order valence-corrected chi connectivity index (χ2v) is 4.46. The molecule has 0 bridgehead atoms. The van der Waals surface area contributed by atoms with Crippen LogP contribution < -0.4 is 5.63 Å². The van der Waals surface area contributed by atoms with E-state index < -0.39 is 0 Å². The third kappa shape index (κ3) is 2.22. The van der Waals surface area contributed by atoms with Crippen molar-refractivity contribution in [2.75, 3.05) is 0 Å². The average Bonchev–Trinajstić information content (AvgIpc) is 1.77. The molecule has 0 aliphatic rings. The molecule has 0 unspecified atom stereocenters. The van der Waals surface area contributed by atoms with Crippen LogP contribution in [0, 0.1) is 0 Å². The van der Waals surface area contributed by atoms with Gasteiger partial charge in [-0.15, -0.1) is 0 Å². The molecule has 0 atom stereocenters. The van der Waals surface area contributed by atoms with Crippen LogP contribution in [0.25, 0.3) is 0 Å². The average molecular weight is 122 g/mol. The van der Waals surface area contributed by atoms with Gasteiger partial charge in [0.2, 0.25) is 0 Å². The van der Waals surface area contributed by atoms with Crippen LogP contribution in [0.4, 0.5) is 0 Å². The summed E-state index contributed by atoms with van der Waals surface area (Å²) in [4.78, 5) is 0. The predicted molar refractivity (Wildman–Crippen MR) is 37.2 cm³/mol. The molecular weight excluding hydrogens is 118 g/mol. The molecule has 0 amide bonds. The van der Waals surface area contributed by atoms with Crippen LogP contribution in [0.1, 0.15) is 0 Å². The summed E-state index contributed by atoms with van der Waals surface area (Å²) in [5, 5.41) is 0. The van der Waals surface area contributed by atoms with Crippen molar-refractivity contribution in [1.29, 1.82) is 0 Å². The standard InChI is InChI=1S/C6H4.2Na/c1-2-4-6-5-3-1;;/h1-2,5-6H;;. The molecule has 0 aliphatic heterocycles. The molecule has 0 aromatic heterocycles. The van der Waals surface area contributed by atoms with Gasteiger partial charge in [0, 0.05) is 0 Å². The Kier molecular flexibility index (Phi) is 3.12. The monoisotopic (exact) mass is 122 g/mol. The summed E-state index contributed by atoms with van der Waals surface area (Å²) < 4.78 is 2.98. The third-order valence-corrected chi connectivity index (χ3v) is 2.55. The van der Waals surface area contributed by atoms with Gasteiger partial charge in [0.25, 0.3) is 0 Å². The van der Waals surface area contributed by atoms with Crippen LogP contribution in [0.3, 0.4) is 0 Å². The summed E-state index contributed by atoms with van der Waals surface area (Å²) in [5.41, 5.74) is 0. The topological polar surface area (TPSA) is 0 Å². The van der Waals surface area contributed by atoms with E-state index in [9.17, 15) is 0 Å². The fourth-order valence-electron chi connectivity index (χ4n) is 0.637. The van der Waals surface area contributed by atoms with Crippen molar-refractivity contribution in [3.05, 3.63) is 24.3 Å². The van der Waals surface area contributed by atoms with Gasteiger partial charge >= 0.3 is 85.8 Å². The van der Waals surface area contributed by atoms with E-state index in [0.29, 0.717) is 0 Å². The molecule has 2 heteroatoms. The molecular formula is C6H4Na2. The normalized spacial score (nSPS) is 9.50. The van der Waals surface area contributed by atoms with E-state index in [1.54, 1.807) is 0 Å². The van der Waals surface area contributed by atoms with Crippen LogP contribution in [-0.4, -0.2) is 55.9 Å². The molecule has 1 aromatic rings. The van der Waals surface area contributed by atoms with Crippen LogP contribution in [0.15, 0.2) is 24.3 Å². The van der Waals surface area contributed by atoms with E-state index in [-0.39, 0.29) is 0 Å². The van der Waals surface area contributed by atoms with Gasteiger partial charge in [0.1, 0.15) is 0 Å². The number of rotatable bonds is 0. The van der Waals surface area contributed by atoms with Gasteiger partial charge in [0.05, 0.1) is 0 Å². The van der Waals surface area contributed by atoms with E-state index >= 15 is 0 Å². The molecule has 0 N–H and O–H groups in total. The van der Waals surface area contributed by atoms with Gasteiger partial charge < -0.3 is 0 Å².